The van der Waals surface area contributed by atoms with Gasteiger partial charge in [0.25, 0.3) is 0 Å². The van der Waals surface area contributed by atoms with E-state index in [-0.39, 0.29) is 12.4 Å². The van der Waals surface area contributed by atoms with E-state index in [4.69, 9.17) is 4.74 Å². The second-order valence-corrected chi connectivity index (χ2v) is 6.52. The number of rotatable bonds is 9. The second kappa shape index (κ2) is 9.85. The summed E-state index contributed by atoms with van der Waals surface area (Å²) in [5.74, 6) is -4.78. The van der Waals surface area contributed by atoms with Crippen LogP contribution in [0.2, 0.25) is 0 Å². The summed E-state index contributed by atoms with van der Waals surface area (Å²) in [6, 6.07) is 4.59. The lowest BCUT2D eigenvalue weighted by Crippen LogP contribution is -2.09. The highest BCUT2D eigenvalue weighted by Crippen LogP contribution is 2.37. The Morgan fingerprint density at radius 1 is 0.750 bits per heavy atom. The standard InChI is InChI=1S/C21H22F6O/c1-2-3-4-5-6-7-13-28-17-12-11-15(19(23)20(17)24)14-9-8-10-16(18(14)22)21(25,26)27/h8-12H,2-7,13H2,1H3. The Labute approximate surface area is 160 Å². The van der Waals surface area contributed by atoms with Crippen molar-refractivity contribution in [3.05, 3.63) is 53.3 Å². The number of alkyl halides is 3. The van der Waals surface area contributed by atoms with Crippen LogP contribution in [0.15, 0.2) is 30.3 Å². The fraction of sp³-hybridized carbons (Fsp3) is 0.429. The lowest BCUT2D eigenvalue weighted by molar-refractivity contribution is -0.139. The molecule has 0 saturated heterocycles. The van der Waals surface area contributed by atoms with Gasteiger partial charge < -0.3 is 4.74 Å². The van der Waals surface area contributed by atoms with Crippen LogP contribution in [-0.4, -0.2) is 6.61 Å². The van der Waals surface area contributed by atoms with E-state index in [1.54, 1.807) is 0 Å². The zero-order valence-corrected chi connectivity index (χ0v) is 15.5. The van der Waals surface area contributed by atoms with Gasteiger partial charge in [-0.15, -0.1) is 0 Å². The zero-order chi connectivity index (χ0) is 20.7. The van der Waals surface area contributed by atoms with Gasteiger partial charge in [-0.3, -0.25) is 0 Å². The Morgan fingerprint density at radius 3 is 2.07 bits per heavy atom. The van der Waals surface area contributed by atoms with Gasteiger partial charge in [0, 0.05) is 11.1 Å². The molecule has 7 heteroatoms. The van der Waals surface area contributed by atoms with Crippen molar-refractivity contribution in [1.82, 2.24) is 0 Å². The molecule has 2 aromatic carbocycles. The molecule has 0 radical (unpaired) electrons. The van der Waals surface area contributed by atoms with Crippen molar-refractivity contribution in [2.24, 2.45) is 0 Å². The minimum absolute atomic E-state index is 0.194. The van der Waals surface area contributed by atoms with E-state index in [1.807, 2.05) is 0 Å². The molecule has 0 aliphatic carbocycles. The quantitative estimate of drug-likeness (QED) is 0.310. The SMILES string of the molecule is CCCCCCCCOc1ccc(-c2cccc(C(F)(F)F)c2F)c(F)c1F. The maximum absolute atomic E-state index is 14.4. The van der Waals surface area contributed by atoms with E-state index in [0.717, 1.165) is 56.4 Å². The topological polar surface area (TPSA) is 9.23 Å². The highest BCUT2D eigenvalue weighted by Gasteiger charge is 2.35. The van der Waals surface area contributed by atoms with E-state index < -0.39 is 40.3 Å². The predicted molar refractivity (Wildman–Crippen MR) is 95.6 cm³/mol. The Hall–Kier alpha value is -2.18. The highest BCUT2D eigenvalue weighted by atomic mass is 19.4. The number of ether oxygens (including phenoxy) is 1. The molecule has 0 atom stereocenters. The molecular formula is C21H22F6O. The van der Waals surface area contributed by atoms with Crippen molar-refractivity contribution in [2.45, 2.75) is 51.6 Å². The summed E-state index contributed by atoms with van der Waals surface area (Å²) in [5.41, 5.74) is -2.78. The first-order chi connectivity index (χ1) is 13.3. The van der Waals surface area contributed by atoms with Crippen molar-refractivity contribution in [2.75, 3.05) is 6.61 Å². The summed E-state index contributed by atoms with van der Waals surface area (Å²) in [6.45, 7) is 2.30. The number of hydrogen-bond acceptors (Lipinski definition) is 1. The normalized spacial score (nSPS) is 11.7. The molecule has 0 fully saturated rings. The largest absolute Gasteiger partial charge is 0.490 e. The molecule has 154 valence electrons. The zero-order valence-electron chi connectivity index (χ0n) is 15.5. The molecule has 0 N–H and O–H groups in total. The first-order valence-corrected chi connectivity index (χ1v) is 9.24. The molecule has 0 spiro atoms. The average molecular weight is 404 g/mol. The molecule has 0 heterocycles. The van der Waals surface area contributed by atoms with Crippen molar-refractivity contribution < 1.29 is 31.1 Å². The van der Waals surface area contributed by atoms with Crippen molar-refractivity contribution in [3.8, 4) is 16.9 Å². The van der Waals surface area contributed by atoms with Crippen LogP contribution in [0.1, 0.15) is 51.0 Å². The molecule has 0 aromatic heterocycles. The van der Waals surface area contributed by atoms with E-state index in [9.17, 15) is 26.3 Å². The molecular weight excluding hydrogens is 382 g/mol. The van der Waals surface area contributed by atoms with Crippen molar-refractivity contribution in [1.29, 1.82) is 0 Å². The molecule has 2 rings (SSSR count). The fourth-order valence-corrected chi connectivity index (χ4v) is 2.87. The molecule has 0 bridgehead atoms. The van der Waals surface area contributed by atoms with Crippen LogP contribution < -0.4 is 4.74 Å². The van der Waals surface area contributed by atoms with Crippen LogP contribution in [-0.2, 0) is 6.18 Å². The molecule has 0 aliphatic heterocycles. The van der Waals surface area contributed by atoms with Crippen molar-refractivity contribution >= 4 is 0 Å². The van der Waals surface area contributed by atoms with Gasteiger partial charge in [-0.1, -0.05) is 51.2 Å². The van der Waals surface area contributed by atoms with Crippen LogP contribution in [0.5, 0.6) is 5.75 Å². The second-order valence-electron chi connectivity index (χ2n) is 6.52. The minimum Gasteiger partial charge on any atom is -0.490 e. The van der Waals surface area contributed by atoms with Crippen LogP contribution in [0.3, 0.4) is 0 Å². The van der Waals surface area contributed by atoms with Gasteiger partial charge in [-0.05, 0) is 24.6 Å². The third-order valence-electron chi connectivity index (χ3n) is 4.40. The molecule has 0 aliphatic rings. The third kappa shape index (κ3) is 5.42. The van der Waals surface area contributed by atoms with E-state index in [0.29, 0.717) is 12.5 Å². The Balaban J connectivity index is 2.12. The van der Waals surface area contributed by atoms with E-state index in [2.05, 4.69) is 6.92 Å². The van der Waals surface area contributed by atoms with E-state index >= 15 is 0 Å². The molecule has 2 aromatic rings. The summed E-state index contributed by atoms with van der Waals surface area (Å²) in [5, 5.41) is 0. The van der Waals surface area contributed by atoms with Crippen LogP contribution >= 0.6 is 0 Å². The van der Waals surface area contributed by atoms with Gasteiger partial charge >= 0.3 is 6.18 Å². The maximum atomic E-state index is 14.4. The first kappa shape index (κ1) is 22.1. The summed E-state index contributed by atoms with van der Waals surface area (Å²) < 4.78 is 86.5. The third-order valence-corrected chi connectivity index (χ3v) is 4.40. The van der Waals surface area contributed by atoms with Crippen LogP contribution in [0.4, 0.5) is 26.3 Å². The number of hydrogen-bond donors (Lipinski definition) is 0. The Bertz CT molecular complexity index is 785. The van der Waals surface area contributed by atoms with Crippen LogP contribution in [0, 0.1) is 17.5 Å². The van der Waals surface area contributed by atoms with Gasteiger partial charge in [0.1, 0.15) is 5.82 Å². The Kier molecular flexibility index (Phi) is 7.78. The predicted octanol–water partition coefficient (Wildman–Crippen LogP) is 7.53. The van der Waals surface area contributed by atoms with Crippen LogP contribution in [0.25, 0.3) is 11.1 Å². The van der Waals surface area contributed by atoms with Gasteiger partial charge in [0.15, 0.2) is 11.6 Å². The van der Waals surface area contributed by atoms with E-state index in [1.165, 1.54) is 0 Å². The van der Waals surface area contributed by atoms with Gasteiger partial charge in [-0.25, -0.2) is 8.78 Å². The number of benzene rings is 2. The molecule has 0 amide bonds. The smallest absolute Gasteiger partial charge is 0.419 e. The van der Waals surface area contributed by atoms with Gasteiger partial charge in [0.05, 0.1) is 12.2 Å². The van der Waals surface area contributed by atoms with Gasteiger partial charge in [-0.2, -0.15) is 17.6 Å². The molecule has 28 heavy (non-hydrogen) atoms. The van der Waals surface area contributed by atoms with Gasteiger partial charge in [0.2, 0.25) is 5.82 Å². The summed E-state index contributed by atoms with van der Waals surface area (Å²) in [6.07, 6.45) is 1.05. The Morgan fingerprint density at radius 2 is 1.39 bits per heavy atom. The number of halogens is 6. The van der Waals surface area contributed by atoms with Crippen molar-refractivity contribution in [3.63, 3.8) is 0 Å². The minimum atomic E-state index is -4.94. The summed E-state index contributed by atoms with van der Waals surface area (Å²) >= 11 is 0. The first-order valence-electron chi connectivity index (χ1n) is 9.24. The highest BCUT2D eigenvalue weighted by molar-refractivity contribution is 5.67. The average Bonchev–Trinajstić information content (AvgIpc) is 2.64. The lowest BCUT2D eigenvalue weighted by Gasteiger charge is -2.13. The monoisotopic (exact) mass is 404 g/mol. The molecule has 0 saturated carbocycles. The fourth-order valence-electron chi connectivity index (χ4n) is 2.87. The summed E-state index contributed by atoms with van der Waals surface area (Å²) in [7, 11) is 0. The lowest BCUT2D eigenvalue weighted by atomic mass is 10.0. The number of unbranched alkanes of at least 4 members (excludes halogenated alkanes) is 5. The maximum Gasteiger partial charge on any atom is 0.419 e. The molecule has 1 nitrogen and oxygen atoms in total. The summed E-state index contributed by atoms with van der Waals surface area (Å²) in [4.78, 5) is 0. The molecule has 0 unspecified atom stereocenters.